The summed E-state index contributed by atoms with van der Waals surface area (Å²) in [5, 5.41) is 13.9. The Balaban J connectivity index is 2.34. The van der Waals surface area contributed by atoms with Crippen molar-refractivity contribution in [2.24, 2.45) is 0 Å². The number of nitro benzene ring substituents is 1. The van der Waals surface area contributed by atoms with E-state index < -0.39 is 10.8 Å². The van der Waals surface area contributed by atoms with Crippen LogP contribution in [0.4, 0.5) is 11.4 Å². The molecule has 1 N–H and O–H groups in total. The first-order valence-corrected chi connectivity index (χ1v) is 7.84. The molecular formula is C13H7BrClIN2O3. The SMILES string of the molecule is O=C(Nc1cc(Cl)ccc1Br)c1cc([N+](=O)[O-])ccc1I. The van der Waals surface area contributed by atoms with Crippen molar-refractivity contribution in [3.8, 4) is 0 Å². The summed E-state index contributed by atoms with van der Waals surface area (Å²) in [6, 6.07) is 9.10. The van der Waals surface area contributed by atoms with Crippen molar-refractivity contribution in [1.29, 1.82) is 0 Å². The fourth-order valence-corrected chi connectivity index (χ4v) is 2.68. The Morgan fingerprint density at radius 3 is 2.67 bits per heavy atom. The number of nitro groups is 1. The quantitative estimate of drug-likeness (QED) is 0.386. The number of nitrogens with one attached hydrogen (secondary N) is 1. The van der Waals surface area contributed by atoms with Gasteiger partial charge in [0.1, 0.15) is 0 Å². The first-order valence-electron chi connectivity index (χ1n) is 5.59. The van der Waals surface area contributed by atoms with E-state index in [0.29, 0.717) is 18.8 Å². The van der Waals surface area contributed by atoms with E-state index in [0.717, 1.165) is 0 Å². The second kappa shape index (κ2) is 6.71. The van der Waals surface area contributed by atoms with Gasteiger partial charge in [0.05, 0.1) is 16.2 Å². The molecule has 0 bridgehead atoms. The predicted octanol–water partition coefficient (Wildman–Crippen LogP) is 4.87. The Kier molecular flexibility index (Phi) is 5.17. The van der Waals surface area contributed by atoms with E-state index >= 15 is 0 Å². The van der Waals surface area contributed by atoms with Gasteiger partial charge in [-0.15, -0.1) is 0 Å². The first kappa shape index (κ1) is 16.2. The summed E-state index contributed by atoms with van der Waals surface area (Å²) in [6.45, 7) is 0. The topological polar surface area (TPSA) is 72.2 Å². The third-order valence-corrected chi connectivity index (χ3v) is 4.45. The second-order valence-corrected chi connectivity index (χ2v) is 6.45. The highest BCUT2D eigenvalue weighted by molar-refractivity contribution is 14.1. The van der Waals surface area contributed by atoms with E-state index in [1.807, 2.05) is 22.6 Å². The van der Waals surface area contributed by atoms with E-state index in [1.54, 1.807) is 18.2 Å². The van der Waals surface area contributed by atoms with Crippen molar-refractivity contribution < 1.29 is 9.72 Å². The van der Waals surface area contributed by atoms with Crippen LogP contribution in [-0.4, -0.2) is 10.8 Å². The van der Waals surface area contributed by atoms with Gasteiger partial charge in [0, 0.05) is 25.2 Å². The summed E-state index contributed by atoms with van der Waals surface area (Å²) in [4.78, 5) is 22.5. The molecule has 2 rings (SSSR count). The number of amides is 1. The summed E-state index contributed by atoms with van der Waals surface area (Å²) in [7, 11) is 0. The van der Waals surface area contributed by atoms with Crippen LogP contribution in [0.1, 0.15) is 10.4 Å². The number of nitrogens with zero attached hydrogens (tertiary/aromatic N) is 1. The number of anilines is 1. The third-order valence-electron chi connectivity index (χ3n) is 2.58. The zero-order valence-electron chi connectivity index (χ0n) is 10.3. The van der Waals surface area contributed by atoms with Crippen molar-refractivity contribution >= 4 is 67.4 Å². The van der Waals surface area contributed by atoms with E-state index in [2.05, 4.69) is 21.2 Å². The molecule has 0 atom stereocenters. The van der Waals surface area contributed by atoms with Gasteiger partial charge in [-0.1, -0.05) is 11.6 Å². The van der Waals surface area contributed by atoms with E-state index in [4.69, 9.17) is 11.6 Å². The van der Waals surface area contributed by atoms with Gasteiger partial charge < -0.3 is 5.32 Å². The predicted molar refractivity (Wildman–Crippen MR) is 92.9 cm³/mol. The zero-order chi connectivity index (χ0) is 15.6. The normalized spacial score (nSPS) is 10.2. The minimum absolute atomic E-state index is 0.134. The first-order chi connectivity index (χ1) is 9.88. The molecule has 0 aromatic heterocycles. The summed E-state index contributed by atoms with van der Waals surface area (Å²) >= 11 is 11.1. The molecule has 0 aliphatic heterocycles. The molecule has 0 spiro atoms. The largest absolute Gasteiger partial charge is 0.321 e. The fraction of sp³-hybridized carbons (Fsp3) is 0. The molecule has 0 heterocycles. The smallest absolute Gasteiger partial charge is 0.270 e. The van der Waals surface area contributed by atoms with Crippen LogP contribution in [0.5, 0.6) is 0 Å². The van der Waals surface area contributed by atoms with Crippen LogP contribution >= 0.6 is 50.1 Å². The Labute approximate surface area is 147 Å². The van der Waals surface area contributed by atoms with Crippen LogP contribution in [0.25, 0.3) is 0 Å². The maximum atomic E-state index is 12.3. The second-order valence-electron chi connectivity index (χ2n) is 4.00. The van der Waals surface area contributed by atoms with Crippen molar-refractivity contribution in [3.63, 3.8) is 0 Å². The molecule has 0 fully saturated rings. The van der Waals surface area contributed by atoms with Gasteiger partial charge in [-0.05, 0) is 62.8 Å². The van der Waals surface area contributed by atoms with Gasteiger partial charge in [0.25, 0.3) is 11.6 Å². The molecule has 0 radical (unpaired) electrons. The van der Waals surface area contributed by atoms with E-state index in [-0.39, 0.29) is 11.3 Å². The van der Waals surface area contributed by atoms with Crippen LogP contribution in [0.15, 0.2) is 40.9 Å². The summed E-state index contributed by atoms with van der Waals surface area (Å²) in [5.74, 6) is -0.439. The minimum atomic E-state index is -0.540. The van der Waals surface area contributed by atoms with Gasteiger partial charge in [0.2, 0.25) is 0 Å². The summed E-state index contributed by atoms with van der Waals surface area (Å²) in [5.41, 5.74) is 0.595. The number of benzene rings is 2. The van der Waals surface area contributed by atoms with Crippen LogP contribution in [-0.2, 0) is 0 Å². The molecule has 0 aliphatic rings. The van der Waals surface area contributed by atoms with E-state index in [1.165, 1.54) is 18.2 Å². The molecule has 8 heteroatoms. The number of non-ortho nitro benzene ring substituents is 1. The molecule has 2 aromatic carbocycles. The highest BCUT2D eigenvalue weighted by Gasteiger charge is 2.16. The standard InChI is InChI=1S/C13H7BrClIN2O3/c14-10-3-1-7(15)5-12(10)17-13(19)9-6-8(18(20)21)2-4-11(9)16/h1-6H,(H,17,19). The van der Waals surface area contributed by atoms with Gasteiger partial charge >= 0.3 is 0 Å². The monoisotopic (exact) mass is 480 g/mol. The molecule has 108 valence electrons. The van der Waals surface area contributed by atoms with Crippen LogP contribution in [0, 0.1) is 13.7 Å². The molecule has 2 aromatic rings. The van der Waals surface area contributed by atoms with E-state index in [9.17, 15) is 14.9 Å². The molecule has 0 unspecified atom stereocenters. The molecule has 0 saturated heterocycles. The number of hydrogen-bond donors (Lipinski definition) is 1. The Hall–Kier alpha value is -1.19. The molecule has 0 aliphatic carbocycles. The Bertz CT molecular complexity index is 739. The molecule has 0 saturated carbocycles. The summed E-state index contributed by atoms with van der Waals surface area (Å²) in [6.07, 6.45) is 0. The summed E-state index contributed by atoms with van der Waals surface area (Å²) < 4.78 is 1.29. The number of halogens is 3. The molecule has 21 heavy (non-hydrogen) atoms. The number of carbonyl (C=O) groups excluding carboxylic acids is 1. The maximum absolute atomic E-state index is 12.3. The highest BCUT2D eigenvalue weighted by Crippen LogP contribution is 2.27. The lowest BCUT2D eigenvalue weighted by Crippen LogP contribution is -2.14. The third kappa shape index (κ3) is 3.92. The lowest BCUT2D eigenvalue weighted by molar-refractivity contribution is -0.384. The van der Waals surface area contributed by atoms with Crippen molar-refractivity contribution in [3.05, 3.63) is 65.1 Å². The highest BCUT2D eigenvalue weighted by atomic mass is 127. The van der Waals surface area contributed by atoms with Crippen LogP contribution < -0.4 is 5.32 Å². The average Bonchev–Trinajstić information content (AvgIpc) is 2.43. The fourth-order valence-electron chi connectivity index (χ4n) is 1.58. The molecule has 5 nitrogen and oxygen atoms in total. The Morgan fingerprint density at radius 2 is 2.00 bits per heavy atom. The van der Waals surface area contributed by atoms with Gasteiger partial charge in [-0.2, -0.15) is 0 Å². The maximum Gasteiger partial charge on any atom is 0.270 e. The molecule has 1 amide bonds. The van der Waals surface area contributed by atoms with Gasteiger partial charge in [0.15, 0.2) is 0 Å². The average molecular weight is 481 g/mol. The number of carbonyl (C=O) groups is 1. The zero-order valence-corrected chi connectivity index (χ0v) is 14.8. The lowest BCUT2D eigenvalue weighted by Gasteiger charge is -2.09. The van der Waals surface area contributed by atoms with Crippen molar-refractivity contribution in [1.82, 2.24) is 0 Å². The van der Waals surface area contributed by atoms with Gasteiger partial charge in [-0.25, -0.2) is 0 Å². The Morgan fingerprint density at radius 1 is 1.29 bits per heavy atom. The number of rotatable bonds is 3. The lowest BCUT2D eigenvalue weighted by atomic mass is 10.2. The van der Waals surface area contributed by atoms with Crippen LogP contribution in [0.2, 0.25) is 5.02 Å². The van der Waals surface area contributed by atoms with Crippen LogP contribution in [0.3, 0.4) is 0 Å². The number of hydrogen-bond acceptors (Lipinski definition) is 3. The van der Waals surface area contributed by atoms with Crippen molar-refractivity contribution in [2.45, 2.75) is 0 Å². The van der Waals surface area contributed by atoms with Gasteiger partial charge in [-0.3, -0.25) is 14.9 Å². The van der Waals surface area contributed by atoms with Crippen molar-refractivity contribution in [2.75, 3.05) is 5.32 Å². The minimum Gasteiger partial charge on any atom is -0.321 e. The molecular weight excluding hydrogens is 474 g/mol.